The maximum absolute atomic E-state index is 14.5. The quantitative estimate of drug-likeness (QED) is 0.0658. The molecule has 0 aliphatic carbocycles. The minimum absolute atomic E-state index is 0.0114. The average molecular weight is 716 g/mol. The minimum atomic E-state index is -1.16. The Morgan fingerprint density at radius 1 is 0.865 bits per heavy atom. The second-order valence-corrected chi connectivity index (χ2v) is 12.9. The van der Waals surface area contributed by atoms with Crippen molar-refractivity contribution in [1.82, 2.24) is 30.4 Å². The van der Waals surface area contributed by atoms with Crippen LogP contribution in [0.4, 0.5) is 4.79 Å². The molecule has 18 heteroatoms. The van der Waals surface area contributed by atoms with E-state index in [1.165, 1.54) is 22.3 Å². The summed E-state index contributed by atoms with van der Waals surface area (Å²) in [7, 11) is 0. The van der Waals surface area contributed by atoms with Crippen LogP contribution in [0.5, 0.6) is 11.5 Å². The van der Waals surface area contributed by atoms with Gasteiger partial charge in [0.15, 0.2) is 17.5 Å². The molecule has 6 rings (SSSR count). The van der Waals surface area contributed by atoms with Crippen LogP contribution in [0, 0.1) is 0 Å². The lowest BCUT2D eigenvalue weighted by Crippen LogP contribution is -2.61. The number of H-pyrrole nitrogens is 1. The van der Waals surface area contributed by atoms with Crippen LogP contribution in [-0.4, -0.2) is 92.9 Å². The molecular formula is C34H41N11O7. The molecule has 1 unspecified atom stereocenters. The van der Waals surface area contributed by atoms with Gasteiger partial charge in [-0.3, -0.25) is 24.2 Å². The molecule has 2 aromatic carbocycles. The molecule has 0 radical (unpaired) electrons. The number of amides is 6. The standard InChI is InChI=1S/C34H41N11O7/c35-29(46)25-8-18-4-1-2-5-19(18)14-44(25)31(48)23(6-3-7-40-33(36)37)42-30(47)26-9-20-10-27-28(52-17-51-27)11-21(20)15-45(26)32(49)24(43-34(38)50)12-22-13-39-16-41-22/h1-2,4-5,10-11,13,16,23-26H,3,6-9,12,14-15,17H2,(H2,35,46)(H,39,41)(H,42,47)(H4,36,37,40)(H3,38,43,50)/t23-,24-,25-,26?/m0/s1. The Morgan fingerprint density at radius 3 is 2.19 bits per heavy atom. The van der Waals surface area contributed by atoms with Crippen molar-refractivity contribution in [3.05, 3.63) is 76.9 Å². The van der Waals surface area contributed by atoms with Gasteiger partial charge in [0.25, 0.3) is 0 Å². The average Bonchev–Trinajstić information content (AvgIpc) is 3.81. The Kier molecular flexibility index (Phi) is 10.4. The van der Waals surface area contributed by atoms with Crippen molar-refractivity contribution in [1.29, 1.82) is 0 Å². The fourth-order valence-electron chi connectivity index (χ4n) is 6.87. The summed E-state index contributed by atoms with van der Waals surface area (Å²) >= 11 is 0. The van der Waals surface area contributed by atoms with Crippen molar-refractivity contribution < 1.29 is 33.4 Å². The van der Waals surface area contributed by atoms with Gasteiger partial charge in [-0.25, -0.2) is 9.78 Å². The zero-order valence-electron chi connectivity index (χ0n) is 28.2. The number of urea groups is 1. The van der Waals surface area contributed by atoms with Crippen LogP contribution in [0.25, 0.3) is 0 Å². The first-order chi connectivity index (χ1) is 25.0. The number of hydrogen-bond acceptors (Lipinski definition) is 9. The van der Waals surface area contributed by atoms with Crippen LogP contribution >= 0.6 is 0 Å². The minimum Gasteiger partial charge on any atom is -0.454 e. The van der Waals surface area contributed by atoms with E-state index in [9.17, 15) is 24.0 Å². The number of aromatic amines is 1. The number of fused-ring (bicyclic) bond motifs is 3. The van der Waals surface area contributed by atoms with E-state index in [0.717, 1.165) is 16.7 Å². The van der Waals surface area contributed by atoms with Crippen molar-refractivity contribution >= 4 is 35.6 Å². The zero-order chi connectivity index (χ0) is 36.9. The second kappa shape index (κ2) is 15.3. The van der Waals surface area contributed by atoms with Gasteiger partial charge in [0.05, 0.1) is 6.33 Å². The number of hydrogen-bond donors (Lipinski definition) is 7. The van der Waals surface area contributed by atoms with Crippen molar-refractivity contribution in [2.45, 2.75) is 69.4 Å². The van der Waals surface area contributed by atoms with Gasteiger partial charge in [0.2, 0.25) is 30.4 Å². The first-order valence-corrected chi connectivity index (χ1v) is 16.8. The van der Waals surface area contributed by atoms with Gasteiger partial charge < -0.3 is 57.8 Å². The Bertz CT molecular complexity index is 1880. The molecule has 274 valence electrons. The number of aliphatic imine (C=N–C) groups is 1. The van der Waals surface area contributed by atoms with Crippen LogP contribution in [0.1, 0.15) is 40.8 Å². The van der Waals surface area contributed by atoms with Gasteiger partial charge in [-0.15, -0.1) is 0 Å². The van der Waals surface area contributed by atoms with E-state index >= 15 is 0 Å². The highest BCUT2D eigenvalue weighted by Gasteiger charge is 2.42. The molecular weight excluding hydrogens is 674 g/mol. The molecule has 0 saturated heterocycles. The first kappa shape index (κ1) is 35.5. The number of nitrogens with zero attached hydrogens (tertiary/aromatic N) is 4. The molecule has 0 fully saturated rings. The molecule has 11 N–H and O–H groups in total. The van der Waals surface area contributed by atoms with E-state index in [1.54, 1.807) is 12.1 Å². The van der Waals surface area contributed by atoms with Gasteiger partial charge >= 0.3 is 6.03 Å². The predicted molar refractivity (Wildman–Crippen MR) is 185 cm³/mol. The van der Waals surface area contributed by atoms with Crippen LogP contribution in [-0.2, 0) is 51.5 Å². The lowest BCUT2D eigenvalue weighted by Gasteiger charge is -2.40. The van der Waals surface area contributed by atoms with Gasteiger partial charge in [-0.2, -0.15) is 0 Å². The van der Waals surface area contributed by atoms with Gasteiger partial charge in [0.1, 0.15) is 24.2 Å². The molecule has 3 aliphatic heterocycles. The number of carbonyl (C=O) groups excluding carboxylic acids is 5. The number of ether oxygens (including phenoxy) is 2. The zero-order valence-corrected chi connectivity index (χ0v) is 28.2. The number of primary amides is 2. The molecule has 4 heterocycles. The number of rotatable bonds is 12. The van der Waals surface area contributed by atoms with Gasteiger partial charge in [-0.1, -0.05) is 24.3 Å². The Labute approximate surface area is 298 Å². The summed E-state index contributed by atoms with van der Waals surface area (Å²) < 4.78 is 11.1. The molecule has 18 nitrogen and oxygen atoms in total. The van der Waals surface area contributed by atoms with Crippen molar-refractivity contribution in [3.8, 4) is 11.5 Å². The molecule has 0 bridgehead atoms. The van der Waals surface area contributed by atoms with Crippen LogP contribution in [0.15, 0.2) is 53.9 Å². The van der Waals surface area contributed by atoms with Gasteiger partial charge in [-0.05, 0) is 47.2 Å². The van der Waals surface area contributed by atoms with Crippen molar-refractivity contribution in [3.63, 3.8) is 0 Å². The molecule has 1 aromatic heterocycles. The molecule has 52 heavy (non-hydrogen) atoms. The summed E-state index contributed by atoms with van der Waals surface area (Å²) in [5.41, 5.74) is 26.0. The van der Waals surface area contributed by atoms with Crippen molar-refractivity contribution in [2.24, 2.45) is 27.9 Å². The highest BCUT2D eigenvalue weighted by molar-refractivity contribution is 5.96. The Morgan fingerprint density at radius 2 is 1.52 bits per heavy atom. The normalized spacial score (nSPS) is 18.3. The first-order valence-electron chi connectivity index (χ1n) is 16.8. The number of guanidine groups is 1. The third-order valence-electron chi connectivity index (χ3n) is 9.42. The fraction of sp³-hybridized carbons (Fsp3) is 0.382. The highest BCUT2D eigenvalue weighted by Crippen LogP contribution is 2.38. The van der Waals surface area contributed by atoms with E-state index in [1.807, 2.05) is 24.3 Å². The fourth-order valence-corrected chi connectivity index (χ4v) is 6.87. The number of nitrogens with one attached hydrogen (secondary N) is 3. The van der Waals surface area contributed by atoms with Crippen molar-refractivity contribution in [2.75, 3.05) is 13.3 Å². The van der Waals surface area contributed by atoms with E-state index in [0.29, 0.717) is 29.2 Å². The second-order valence-electron chi connectivity index (χ2n) is 12.9. The molecule has 0 spiro atoms. The summed E-state index contributed by atoms with van der Waals surface area (Å²) in [5, 5.41) is 5.37. The van der Waals surface area contributed by atoms with Gasteiger partial charge in [0, 0.05) is 50.8 Å². The highest BCUT2D eigenvalue weighted by atomic mass is 16.7. The molecule has 3 aliphatic rings. The van der Waals surface area contributed by atoms with E-state index < -0.39 is 53.8 Å². The molecule has 3 aromatic rings. The Balaban J connectivity index is 1.31. The lowest BCUT2D eigenvalue weighted by atomic mass is 9.91. The smallest absolute Gasteiger partial charge is 0.312 e. The number of carbonyl (C=O) groups is 5. The molecule has 6 amide bonds. The van der Waals surface area contributed by atoms with Crippen LogP contribution in [0.3, 0.4) is 0 Å². The maximum Gasteiger partial charge on any atom is 0.312 e. The monoisotopic (exact) mass is 715 g/mol. The van der Waals surface area contributed by atoms with E-state index in [4.69, 9.17) is 32.4 Å². The SMILES string of the molecule is NC(=O)N[C@@H](Cc1cnc[nH]1)C(=O)N1Cc2cc3c(cc2CC1C(=O)N[C@@H](CCCN=C(N)N)C(=O)N1Cc2ccccc2C[C@H]1C(N)=O)OCO3. The third kappa shape index (κ3) is 7.85. The molecule has 0 saturated carbocycles. The summed E-state index contributed by atoms with van der Waals surface area (Å²) in [5.74, 6) is -1.56. The summed E-state index contributed by atoms with van der Waals surface area (Å²) in [4.78, 5) is 81.5. The summed E-state index contributed by atoms with van der Waals surface area (Å²) in [6.45, 7) is 0.271. The number of benzene rings is 2. The largest absolute Gasteiger partial charge is 0.454 e. The van der Waals surface area contributed by atoms with E-state index in [2.05, 4.69) is 25.6 Å². The summed E-state index contributed by atoms with van der Waals surface area (Å²) in [6.07, 6.45) is 3.63. The number of nitrogens with two attached hydrogens (primary N) is 4. The third-order valence-corrected chi connectivity index (χ3v) is 9.42. The molecule has 4 atom stereocenters. The number of imidazole rings is 1. The topological polar surface area (TPSA) is 279 Å². The summed E-state index contributed by atoms with van der Waals surface area (Å²) in [6, 6.07) is 5.63. The predicted octanol–water partition coefficient (Wildman–Crippen LogP) is -1.35. The van der Waals surface area contributed by atoms with Crippen LogP contribution in [0.2, 0.25) is 0 Å². The Hall–Kier alpha value is -6.33. The van der Waals surface area contributed by atoms with Crippen LogP contribution < -0.4 is 43.0 Å². The number of aromatic nitrogens is 2. The lowest BCUT2D eigenvalue weighted by molar-refractivity contribution is -0.147. The van der Waals surface area contributed by atoms with E-state index in [-0.39, 0.29) is 58.1 Å². The maximum atomic E-state index is 14.5.